The average Bonchev–Trinajstić information content (AvgIpc) is 3.06. The van der Waals surface area contributed by atoms with Gasteiger partial charge in [0.15, 0.2) is 0 Å². The Bertz CT molecular complexity index is 390. The Labute approximate surface area is 135 Å². The van der Waals surface area contributed by atoms with Crippen LogP contribution < -0.4 is 0 Å². The third-order valence-electron chi connectivity index (χ3n) is 5.90. The lowest BCUT2D eigenvalue weighted by molar-refractivity contribution is -0.131. The molecular formula is C18H33N3O. The number of amides is 1. The smallest absolute Gasteiger partial charge is 0.236 e. The van der Waals surface area contributed by atoms with Crippen molar-refractivity contribution in [1.29, 1.82) is 0 Å². The fraction of sp³-hybridized carbons (Fsp3) is 0.944. The molecule has 0 bridgehead atoms. The minimum absolute atomic E-state index is 0.355. The number of likely N-dealkylation sites (tertiary alicyclic amines) is 1. The Morgan fingerprint density at radius 3 is 2.45 bits per heavy atom. The SMILES string of the molecule is CC1(C)CCC(N2CCCN(CC(=O)N3CCCC3)CC2)C1. The lowest BCUT2D eigenvalue weighted by Crippen LogP contribution is -2.41. The van der Waals surface area contributed by atoms with Crippen molar-refractivity contribution in [3.05, 3.63) is 0 Å². The highest BCUT2D eigenvalue weighted by atomic mass is 16.2. The van der Waals surface area contributed by atoms with E-state index in [1.165, 1.54) is 45.1 Å². The van der Waals surface area contributed by atoms with Crippen LogP contribution in [0.1, 0.15) is 52.4 Å². The summed E-state index contributed by atoms with van der Waals surface area (Å²) in [7, 11) is 0. The van der Waals surface area contributed by atoms with Gasteiger partial charge in [0.05, 0.1) is 6.54 Å². The molecule has 0 radical (unpaired) electrons. The number of carbonyl (C=O) groups is 1. The third-order valence-corrected chi connectivity index (χ3v) is 5.90. The van der Waals surface area contributed by atoms with Crippen molar-refractivity contribution >= 4 is 5.91 Å². The van der Waals surface area contributed by atoms with Gasteiger partial charge in [-0.1, -0.05) is 13.8 Å². The molecule has 2 saturated heterocycles. The van der Waals surface area contributed by atoms with Gasteiger partial charge >= 0.3 is 0 Å². The van der Waals surface area contributed by atoms with Crippen LogP contribution in [0.2, 0.25) is 0 Å². The van der Waals surface area contributed by atoms with Crippen molar-refractivity contribution in [2.75, 3.05) is 45.8 Å². The molecule has 0 spiro atoms. The van der Waals surface area contributed by atoms with Crippen LogP contribution in [-0.2, 0) is 4.79 Å². The van der Waals surface area contributed by atoms with Gasteiger partial charge in [-0.15, -0.1) is 0 Å². The van der Waals surface area contributed by atoms with Crippen LogP contribution in [0.25, 0.3) is 0 Å². The van der Waals surface area contributed by atoms with Crippen molar-refractivity contribution in [2.24, 2.45) is 5.41 Å². The molecule has 1 amide bonds. The summed E-state index contributed by atoms with van der Waals surface area (Å²) in [6.45, 7) is 11.9. The van der Waals surface area contributed by atoms with Gasteiger partial charge in [0.25, 0.3) is 0 Å². The molecule has 3 fully saturated rings. The van der Waals surface area contributed by atoms with Crippen LogP contribution in [-0.4, -0.2) is 72.5 Å². The summed E-state index contributed by atoms with van der Waals surface area (Å²) in [6, 6.07) is 0.782. The highest BCUT2D eigenvalue weighted by Crippen LogP contribution is 2.39. The Morgan fingerprint density at radius 1 is 1.00 bits per heavy atom. The van der Waals surface area contributed by atoms with E-state index in [4.69, 9.17) is 0 Å². The van der Waals surface area contributed by atoms with E-state index in [-0.39, 0.29) is 0 Å². The minimum atomic E-state index is 0.355. The van der Waals surface area contributed by atoms with Gasteiger partial charge in [-0.25, -0.2) is 0 Å². The topological polar surface area (TPSA) is 26.8 Å². The number of hydrogen-bond donors (Lipinski definition) is 0. The number of hydrogen-bond acceptors (Lipinski definition) is 3. The zero-order valence-electron chi connectivity index (χ0n) is 14.5. The molecule has 126 valence electrons. The molecule has 4 heteroatoms. The summed E-state index contributed by atoms with van der Waals surface area (Å²) >= 11 is 0. The average molecular weight is 307 g/mol. The first-order chi connectivity index (χ1) is 10.5. The molecule has 4 nitrogen and oxygen atoms in total. The standard InChI is InChI=1S/C18H33N3O/c1-18(2)7-6-16(14-18)20-11-5-8-19(12-13-20)15-17(22)21-9-3-4-10-21/h16H,3-15H2,1-2H3. The molecule has 1 atom stereocenters. The first-order valence-electron chi connectivity index (χ1n) is 9.28. The third kappa shape index (κ3) is 4.02. The van der Waals surface area contributed by atoms with E-state index in [1.807, 2.05) is 0 Å². The molecule has 0 aromatic carbocycles. The molecule has 1 unspecified atom stereocenters. The maximum atomic E-state index is 12.3. The second kappa shape index (κ2) is 6.88. The minimum Gasteiger partial charge on any atom is -0.342 e. The van der Waals surface area contributed by atoms with Crippen molar-refractivity contribution in [3.8, 4) is 0 Å². The normalized spacial score (nSPS) is 30.6. The fourth-order valence-electron chi connectivity index (χ4n) is 4.48. The summed E-state index contributed by atoms with van der Waals surface area (Å²) in [5.74, 6) is 0.355. The van der Waals surface area contributed by atoms with E-state index in [2.05, 4.69) is 28.5 Å². The van der Waals surface area contributed by atoms with Gasteiger partial charge in [-0.05, 0) is 57.0 Å². The number of rotatable bonds is 3. The maximum absolute atomic E-state index is 12.3. The van der Waals surface area contributed by atoms with E-state index in [1.54, 1.807) is 0 Å². The van der Waals surface area contributed by atoms with Crippen LogP contribution >= 0.6 is 0 Å². The predicted octanol–water partition coefficient (Wildman–Crippen LogP) is 2.20. The quantitative estimate of drug-likeness (QED) is 0.800. The summed E-state index contributed by atoms with van der Waals surface area (Å²) in [6.07, 6.45) is 7.67. The predicted molar refractivity (Wildman–Crippen MR) is 89.9 cm³/mol. The van der Waals surface area contributed by atoms with E-state index in [0.717, 1.165) is 38.8 Å². The fourth-order valence-corrected chi connectivity index (χ4v) is 4.48. The highest BCUT2D eigenvalue weighted by molar-refractivity contribution is 5.78. The molecule has 1 aliphatic carbocycles. The van der Waals surface area contributed by atoms with Crippen LogP contribution in [0.4, 0.5) is 0 Å². The first-order valence-corrected chi connectivity index (χ1v) is 9.28. The van der Waals surface area contributed by atoms with E-state index >= 15 is 0 Å². The summed E-state index contributed by atoms with van der Waals surface area (Å²) in [5.41, 5.74) is 0.530. The molecule has 3 rings (SSSR count). The van der Waals surface area contributed by atoms with E-state index < -0.39 is 0 Å². The van der Waals surface area contributed by atoms with Crippen molar-refractivity contribution in [2.45, 2.75) is 58.4 Å². The molecule has 2 heterocycles. The molecule has 3 aliphatic rings. The zero-order chi connectivity index (χ0) is 15.6. The molecule has 1 saturated carbocycles. The molecule has 22 heavy (non-hydrogen) atoms. The van der Waals surface area contributed by atoms with Crippen molar-refractivity contribution < 1.29 is 4.79 Å². The Kier molecular flexibility index (Phi) is 5.08. The molecule has 2 aliphatic heterocycles. The van der Waals surface area contributed by atoms with Crippen LogP contribution in [0.5, 0.6) is 0 Å². The van der Waals surface area contributed by atoms with Gasteiger partial charge in [-0.3, -0.25) is 14.6 Å². The van der Waals surface area contributed by atoms with Crippen LogP contribution in [0, 0.1) is 5.41 Å². The highest BCUT2D eigenvalue weighted by Gasteiger charge is 2.34. The monoisotopic (exact) mass is 307 g/mol. The molecule has 0 N–H and O–H groups in total. The summed E-state index contributed by atoms with van der Waals surface area (Å²) in [4.78, 5) is 19.5. The second-order valence-electron chi connectivity index (χ2n) is 8.31. The Balaban J connectivity index is 1.46. The largest absolute Gasteiger partial charge is 0.342 e. The number of nitrogens with zero attached hydrogens (tertiary/aromatic N) is 3. The Morgan fingerprint density at radius 2 is 1.77 bits per heavy atom. The first kappa shape index (κ1) is 16.3. The molecular weight excluding hydrogens is 274 g/mol. The summed E-state index contributed by atoms with van der Waals surface area (Å²) in [5, 5.41) is 0. The zero-order valence-corrected chi connectivity index (χ0v) is 14.5. The Hall–Kier alpha value is -0.610. The van der Waals surface area contributed by atoms with Gasteiger partial charge in [0.2, 0.25) is 5.91 Å². The van der Waals surface area contributed by atoms with E-state index in [9.17, 15) is 4.79 Å². The maximum Gasteiger partial charge on any atom is 0.236 e. The van der Waals surface area contributed by atoms with Crippen LogP contribution in [0.3, 0.4) is 0 Å². The lowest BCUT2D eigenvalue weighted by Gasteiger charge is -2.29. The summed E-state index contributed by atoms with van der Waals surface area (Å²) < 4.78 is 0. The van der Waals surface area contributed by atoms with E-state index in [0.29, 0.717) is 17.9 Å². The van der Waals surface area contributed by atoms with Gasteiger partial charge in [0.1, 0.15) is 0 Å². The lowest BCUT2D eigenvalue weighted by atomic mass is 9.91. The molecule has 0 aromatic rings. The van der Waals surface area contributed by atoms with Crippen molar-refractivity contribution in [3.63, 3.8) is 0 Å². The van der Waals surface area contributed by atoms with Gasteiger partial charge in [0, 0.05) is 32.2 Å². The van der Waals surface area contributed by atoms with Gasteiger partial charge in [-0.2, -0.15) is 0 Å². The van der Waals surface area contributed by atoms with Gasteiger partial charge < -0.3 is 4.90 Å². The second-order valence-corrected chi connectivity index (χ2v) is 8.31. The van der Waals surface area contributed by atoms with Crippen molar-refractivity contribution in [1.82, 2.24) is 14.7 Å². The molecule has 0 aromatic heterocycles. The van der Waals surface area contributed by atoms with Crippen LogP contribution in [0.15, 0.2) is 0 Å². The number of carbonyl (C=O) groups excluding carboxylic acids is 1.